The molecule has 0 spiro atoms. The molecule has 1 aromatic heterocycles. The molecule has 1 heterocycles. The van der Waals surface area contributed by atoms with E-state index in [0.29, 0.717) is 44.6 Å². The Hall–Kier alpha value is -4.05. The molecule has 8 nitrogen and oxygen atoms in total. The lowest BCUT2D eigenvalue weighted by atomic mass is 10.0. The summed E-state index contributed by atoms with van der Waals surface area (Å²) in [7, 11) is 0. The summed E-state index contributed by atoms with van der Waals surface area (Å²) in [5.74, 6) is 0.818. The average Bonchev–Trinajstić information content (AvgIpc) is 3.40. The zero-order chi connectivity index (χ0) is 28.8. The number of carbonyl (C=O) groups is 2. The Balaban J connectivity index is 1.33. The predicted octanol–water partition coefficient (Wildman–Crippen LogP) is 6.79. The summed E-state index contributed by atoms with van der Waals surface area (Å²) in [6, 6.07) is 25.6. The molecule has 5 rings (SSSR count). The zero-order valence-corrected chi connectivity index (χ0v) is 24.3. The number of anilines is 1. The molecule has 5 aromatic rings. The van der Waals surface area contributed by atoms with Crippen molar-refractivity contribution in [2.24, 2.45) is 0 Å². The van der Waals surface area contributed by atoms with Gasteiger partial charge in [-0.05, 0) is 66.2 Å². The van der Waals surface area contributed by atoms with Crippen LogP contribution in [0.5, 0.6) is 5.75 Å². The molecule has 208 valence electrons. The number of nitrogens with one attached hydrogen (secondary N) is 2. The minimum atomic E-state index is -0.241. The number of aromatic nitrogens is 3. The first-order valence-corrected chi connectivity index (χ1v) is 14.5. The van der Waals surface area contributed by atoms with Crippen LogP contribution in [0.4, 0.5) is 5.69 Å². The number of benzene rings is 4. The van der Waals surface area contributed by atoms with Gasteiger partial charge in [0.15, 0.2) is 11.0 Å². The van der Waals surface area contributed by atoms with Gasteiger partial charge in [0.05, 0.1) is 34.6 Å². The Morgan fingerprint density at radius 2 is 1.71 bits per heavy atom. The van der Waals surface area contributed by atoms with E-state index in [0.717, 1.165) is 16.5 Å². The quantitative estimate of drug-likeness (QED) is 0.170. The number of carbonyl (C=O) groups excluding carboxylic acids is 2. The van der Waals surface area contributed by atoms with E-state index < -0.39 is 0 Å². The first kappa shape index (κ1) is 28.5. The molecule has 0 unspecified atom stereocenters. The van der Waals surface area contributed by atoms with Gasteiger partial charge in [-0.15, -0.1) is 10.2 Å². The van der Waals surface area contributed by atoms with Crippen LogP contribution in [0.15, 0.2) is 90.1 Å². The van der Waals surface area contributed by atoms with Crippen molar-refractivity contribution >= 4 is 63.2 Å². The van der Waals surface area contributed by atoms with Gasteiger partial charge in [0.2, 0.25) is 5.91 Å². The molecule has 0 fully saturated rings. The lowest BCUT2D eigenvalue weighted by Gasteiger charge is -2.12. The first-order chi connectivity index (χ1) is 19.9. The van der Waals surface area contributed by atoms with Crippen LogP contribution in [0.25, 0.3) is 16.5 Å². The van der Waals surface area contributed by atoms with Crippen LogP contribution in [0.1, 0.15) is 23.1 Å². The molecule has 11 heteroatoms. The predicted molar refractivity (Wildman–Crippen MR) is 163 cm³/mol. The molecular formula is C30H25Cl2N5O3S. The summed E-state index contributed by atoms with van der Waals surface area (Å²) < 4.78 is 7.19. The fourth-order valence-electron chi connectivity index (χ4n) is 4.20. The highest BCUT2D eigenvalue weighted by Crippen LogP contribution is 2.28. The van der Waals surface area contributed by atoms with Crippen LogP contribution in [-0.4, -0.2) is 38.9 Å². The van der Waals surface area contributed by atoms with Gasteiger partial charge in [-0.2, -0.15) is 0 Å². The highest BCUT2D eigenvalue weighted by Gasteiger charge is 2.18. The normalized spacial score (nSPS) is 10.9. The standard InChI is InChI=1S/C30H25Cl2N5O3S/c1-2-40-22-13-10-20(11-14-22)34-28(38)18-41-30-36-35-27(37(30)21-12-15-25(31)26(32)16-21)17-33-29(39)24-9-5-7-19-6-3-4-8-23(19)24/h3-16H,2,17-18H2,1H3,(H,33,39)(H,34,38). The number of thioether (sulfide) groups is 1. The molecule has 4 aromatic carbocycles. The van der Waals surface area contributed by atoms with Crippen molar-refractivity contribution in [1.82, 2.24) is 20.1 Å². The molecule has 2 amide bonds. The molecule has 0 saturated carbocycles. The smallest absolute Gasteiger partial charge is 0.252 e. The Morgan fingerprint density at radius 1 is 0.927 bits per heavy atom. The van der Waals surface area contributed by atoms with Gasteiger partial charge in [-0.3, -0.25) is 14.2 Å². The summed E-state index contributed by atoms with van der Waals surface area (Å²) in [5, 5.41) is 17.5. The molecular weight excluding hydrogens is 581 g/mol. The first-order valence-electron chi connectivity index (χ1n) is 12.7. The average molecular weight is 607 g/mol. The van der Waals surface area contributed by atoms with Gasteiger partial charge in [-0.25, -0.2) is 0 Å². The molecule has 0 bridgehead atoms. The summed E-state index contributed by atoms with van der Waals surface area (Å²) in [5.41, 5.74) is 1.86. The van der Waals surface area contributed by atoms with Gasteiger partial charge in [0.25, 0.3) is 5.91 Å². The van der Waals surface area contributed by atoms with Crippen molar-refractivity contribution in [2.45, 2.75) is 18.6 Å². The van der Waals surface area contributed by atoms with E-state index in [9.17, 15) is 9.59 Å². The Labute approximate surface area is 251 Å². The number of halogens is 2. The summed E-state index contributed by atoms with van der Waals surface area (Å²) in [4.78, 5) is 25.9. The van der Waals surface area contributed by atoms with Crippen LogP contribution in [0.3, 0.4) is 0 Å². The third-order valence-electron chi connectivity index (χ3n) is 6.08. The van der Waals surface area contributed by atoms with E-state index in [4.69, 9.17) is 27.9 Å². The van der Waals surface area contributed by atoms with Crippen molar-refractivity contribution in [2.75, 3.05) is 17.7 Å². The molecule has 0 radical (unpaired) electrons. The Kier molecular flexibility index (Phi) is 9.08. The second-order valence-electron chi connectivity index (χ2n) is 8.84. The summed E-state index contributed by atoms with van der Waals surface area (Å²) in [6.45, 7) is 2.57. The number of hydrogen-bond donors (Lipinski definition) is 2. The number of amides is 2. The van der Waals surface area contributed by atoms with Crippen LogP contribution in [-0.2, 0) is 11.3 Å². The molecule has 0 saturated heterocycles. The monoisotopic (exact) mass is 605 g/mol. The largest absolute Gasteiger partial charge is 0.494 e. The topological polar surface area (TPSA) is 98.1 Å². The van der Waals surface area contributed by atoms with E-state index in [-0.39, 0.29) is 24.1 Å². The van der Waals surface area contributed by atoms with Crippen LogP contribution in [0.2, 0.25) is 10.0 Å². The highest BCUT2D eigenvalue weighted by atomic mass is 35.5. The van der Waals surface area contributed by atoms with Gasteiger partial charge in [0, 0.05) is 11.3 Å². The second kappa shape index (κ2) is 13.1. The fourth-order valence-corrected chi connectivity index (χ4v) is 5.26. The maximum absolute atomic E-state index is 13.2. The maximum Gasteiger partial charge on any atom is 0.252 e. The van der Waals surface area contributed by atoms with E-state index >= 15 is 0 Å². The van der Waals surface area contributed by atoms with Gasteiger partial charge >= 0.3 is 0 Å². The maximum atomic E-state index is 13.2. The van der Waals surface area contributed by atoms with E-state index in [1.54, 1.807) is 53.1 Å². The van der Waals surface area contributed by atoms with Crippen molar-refractivity contribution < 1.29 is 14.3 Å². The van der Waals surface area contributed by atoms with Crippen molar-refractivity contribution in [3.05, 3.63) is 106 Å². The van der Waals surface area contributed by atoms with Crippen molar-refractivity contribution in [3.63, 3.8) is 0 Å². The minimum Gasteiger partial charge on any atom is -0.494 e. The lowest BCUT2D eigenvalue weighted by Crippen LogP contribution is -2.25. The highest BCUT2D eigenvalue weighted by molar-refractivity contribution is 7.99. The van der Waals surface area contributed by atoms with Crippen molar-refractivity contribution in [3.8, 4) is 11.4 Å². The van der Waals surface area contributed by atoms with E-state index in [1.807, 2.05) is 43.3 Å². The number of fused-ring (bicyclic) bond motifs is 1. The second-order valence-corrected chi connectivity index (χ2v) is 10.6. The summed E-state index contributed by atoms with van der Waals surface area (Å²) in [6.07, 6.45) is 0. The minimum absolute atomic E-state index is 0.0784. The SMILES string of the molecule is CCOc1ccc(NC(=O)CSc2nnc(CNC(=O)c3cccc4ccccc34)n2-c2ccc(Cl)c(Cl)c2)cc1. The number of ether oxygens (including phenoxy) is 1. The lowest BCUT2D eigenvalue weighted by molar-refractivity contribution is -0.113. The van der Waals surface area contributed by atoms with Crippen LogP contribution >= 0.6 is 35.0 Å². The van der Waals surface area contributed by atoms with Gasteiger partial charge < -0.3 is 15.4 Å². The van der Waals surface area contributed by atoms with Gasteiger partial charge in [0.1, 0.15) is 5.75 Å². The third kappa shape index (κ3) is 6.82. The zero-order valence-electron chi connectivity index (χ0n) is 21.9. The Morgan fingerprint density at radius 3 is 2.49 bits per heavy atom. The molecule has 0 aliphatic heterocycles. The molecule has 41 heavy (non-hydrogen) atoms. The molecule has 2 N–H and O–H groups in total. The van der Waals surface area contributed by atoms with Crippen LogP contribution in [0, 0.1) is 0 Å². The summed E-state index contributed by atoms with van der Waals surface area (Å²) >= 11 is 13.7. The van der Waals surface area contributed by atoms with E-state index in [1.165, 1.54) is 11.8 Å². The number of nitrogens with zero attached hydrogens (tertiary/aromatic N) is 3. The van der Waals surface area contributed by atoms with E-state index in [2.05, 4.69) is 20.8 Å². The third-order valence-corrected chi connectivity index (χ3v) is 7.75. The number of rotatable bonds is 10. The van der Waals surface area contributed by atoms with Crippen LogP contribution < -0.4 is 15.4 Å². The van der Waals surface area contributed by atoms with Crippen molar-refractivity contribution in [1.29, 1.82) is 0 Å². The molecule has 0 atom stereocenters. The van der Waals surface area contributed by atoms with Gasteiger partial charge in [-0.1, -0.05) is 71.4 Å². The number of hydrogen-bond acceptors (Lipinski definition) is 6. The Bertz CT molecular complexity index is 1700. The molecule has 0 aliphatic rings. The molecule has 0 aliphatic carbocycles. The fraction of sp³-hybridized carbons (Fsp3) is 0.133.